The lowest BCUT2D eigenvalue weighted by Crippen LogP contribution is -2.38. The fraction of sp³-hybridized carbons (Fsp3) is 0.286. The normalized spacial score (nSPS) is 14.1. The number of rotatable bonds is 3. The van der Waals surface area contributed by atoms with Crippen molar-refractivity contribution < 1.29 is 4.79 Å². The summed E-state index contributed by atoms with van der Waals surface area (Å²) in [4.78, 5) is 15.3. The second-order valence-electron chi connectivity index (χ2n) is 5.22. The van der Waals surface area contributed by atoms with Crippen molar-refractivity contribution in [2.75, 3.05) is 6.54 Å². The standard InChI is InChI=1S/C14H14N6OS/c21-14(19-4-3-10-6-15-16-11(10)7-19)9-20-8-12(17-18-20)13-2-1-5-22-13/h1-2,5-6,8H,3-4,7,9H2,(H,15,16). The summed E-state index contributed by atoms with van der Waals surface area (Å²) in [7, 11) is 0. The zero-order valence-corrected chi connectivity index (χ0v) is 12.6. The van der Waals surface area contributed by atoms with Crippen LogP contribution in [0.3, 0.4) is 0 Å². The third kappa shape index (κ3) is 2.41. The highest BCUT2D eigenvalue weighted by molar-refractivity contribution is 7.13. The predicted octanol–water partition coefficient (Wildman–Crippen LogP) is 1.31. The van der Waals surface area contributed by atoms with Crippen LogP contribution in [-0.4, -0.2) is 42.5 Å². The van der Waals surface area contributed by atoms with E-state index in [2.05, 4.69) is 20.5 Å². The van der Waals surface area contributed by atoms with Crippen molar-refractivity contribution in [3.05, 3.63) is 41.2 Å². The van der Waals surface area contributed by atoms with Crippen molar-refractivity contribution in [1.82, 2.24) is 30.1 Å². The molecule has 22 heavy (non-hydrogen) atoms. The molecule has 4 heterocycles. The van der Waals surface area contributed by atoms with Crippen LogP contribution in [0.15, 0.2) is 29.9 Å². The predicted molar refractivity (Wildman–Crippen MR) is 81.0 cm³/mol. The Morgan fingerprint density at radius 2 is 2.41 bits per heavy atom. The van der Waals surface area contributed by atoms with E-state index in [0.717, 1.165) is 29.2 Å². The summed E-state index contributed by atoms with van der Waals surface area (Å²) in [5.41, 5.74) is 3.03. The largest absolute Gasteiger partial charge is 0.335 e. The number of aromatic amines is 1. The summed E-state index contributed by atoms with van der Waals surface area (Å²) in [5, 5.41) is 17.1. The van der Waals surface area contributed by atoms with E-state index in [1.165, 1.54) is 5.56 Å². The monoisotopic (exact) mass is 314 g/mol. The van der Waals surface area contributed by atoms with Crippen molar-refractivity contribution >= 4 is 17.2 Å². The number of carbonyl (C=O) groups is 1. The molecule has 3 aromatic heterocycles. The summed E-state index contributed by atoms with van der Waals surface area (Å²) < 4.78 is 1.60. The highest BCUT2D eigenvalue weighted by Gasteiger charge is 2.22. The lowest BCUT2D eigenvalue weighted by atomic mass is 10.1. The van der Waals surface area contributed by atoms with Gasteiger partial charge in [-0.2, -0.15) is 5.10 Å². The molecule has 1 aliphatic heterocycles. The minimum absolute atomic E-state index is 0.0443. The number of H-pyrrole nitrogens is 1. The highest BCUT2D eigenvalue weighted by Crippen LogP contribution is 2.22. The number of thiophene rings is 1. The SMILES string of the molecule is O=C(Cn1cc(-c2cccs2)nn1)N1CCc2cn[nH]c2C1. The lowest BCUT2D eigenvalue weighted by Gasteiger charge is -2.26. The highest BCUT2D eigenvalue weighted by atomic mass is 32.1. The van der Waals surface area contributed by atoms with Gasteiger partial charge < -0.3 is 4.90 Å². The Balaban J connectivity index is 1.44. The number of nitrogens with one attached hydrogen (secondary N) is 1. The quantitative estimate of drug-likeness (QED) is 0.790. The second-order valence-corrected chi connectivity index (χ2v) is 6.17. The van der Waals surface area contributed by atoms with Crippen LogP contribution in [0.1, 0.15) is 11.3 Å². The van der Waals surface area contributed by atoms with E-state index in [-0.39, 0.29) is 12.5 Å². The summed E-state index contributed by atoms with van der Waals surface area (Å²) in [5.74, 6) is 0.0443. The number of amides is 1. The Hall–Kier alpha value is -2.48. The molecular weight excluding hydrogens is 300 g/mol. The number of hydrogen-bond donors (Lipinski definition) is 1. The summed E-state index contributed by atoms with van der Waals surface area (Å²) >= 11 is 1.61. The van der Waals surface area contributed by atoms with Gasteiger partial charge in [-0.3, -0.25) is 9.89 Å². The molecule has 0 bridgehead atoms. The maximum absolute atomic E-state index is 12.4. The van der Waals surface area contributed by atoms with Gasteiger partial charge >= 0.3 is 0 Å². The van der Waals surface area contributed by atoms with E-state index in [1.54, 1.807) is 16.0 Å². The Morgan fingerprint density at radius 3 is 3.27 bits per heavy atom. The molecule has 112 valence electrons. The Morgan fingerprint density at radius 1 is 1.45 bits per heavy atom. The minimum atomic E-state index is 0.0443. The molecule has 1 amide bonds. The van der Waals surface area contributed by atoms with Crippen LogP contribution in [-0.2, 0) is 24.3 Å². The van der Waals surface area contributed by atoms with Crippen molar-refractivity contribution in [1.29, 1.82) is 0 Å². The third-order valence-electron chi connectivity index (χ3n) is 3.77. The molecule has 4 rings (SSSR count). The molecule has 0 aromatic carbocycles. The molecule has 1 aliphatic rings. The van der Waals surface area contributed by atoms with E-state index in [0.29, 0.717) is 6.54 Å². The zero-order valence-electron chi connectivity index (χ0n) is 11.8. The smallest absolute Gasteiger partial charge is 0.244 e. The Kier molecular flexibility index (Phi) is 3.23. The van der Waals surface area contributed by atoms with E-state index in [9.17, 15) is 4.79 Å². The molecule has 8 heteroatoms. The molecule has 0 radical (unpaired) electrons. The average molecular weight is 314 g/mol. The molecule has 3 aromatic rings. The number of aromatic nitrogens is 5. The number of hydrogen-bond acceptors (Lipinski definition) is 5. The van der Waals surface area contributed by atoms with Gasteiger partial charge in [0.2, 0.25) is 5.91 Å². The fourth-order valence-electron chi connectivity index (χ4n) is 2.58. The van der Waals surface area contributed by atoms with E-state index < -0.39 is 0 Å². The van der Waals surface area contributed by atoms with Gasteiger partial charge in [0.15, 0.2) is 0 Å². The van der Waals surface area contributed by atoms with Crippen molar-refractivity contribution in [3.63, 3.8) is 0 Å². The third-order valence-corrected chi connectivity index (χ3v) is 4.66. The van der Waals surface area contributed by atoms with Crippen LogP contribution < -0.4 is 0 Å². The van der Waals surface area contributed by atoms with E-state index in [4.69, 9.17) is 0 Å². The van der Waals surface area contributed by atoms with Gasteiger partial charge in [-0.25, -0.2) is 4.68 Å². The van der Waals surface area contributed by atoms with E-state index in [1.807, 2.05) is 34.8 Å². The van der Waals surface area contributed by atoms with Gasteiger partial charge in [0, 0.05) is 6.54 Å². The summed E-state index contributed by atoms with van der Waals surface area (Å²) in [6.45, 7) is 1.51. The van der Waals surface area contributed by atoms with Gasteiger partial charge in [-0.15, -0.1) is 16.4 Å². The Labute approximate surface area is 130 Å². The number of nitrogens with zero attached hydrogens (tertiary/aromatic N) is 5. The fourth-order valence-corrected chi connectivity index (χ4v) is 3.26. The maximum atomic E-state index is 12.4. The number of fused-ring (bicyclic) bond motifs is 1. The van der Waals surface area contributed by atoms with Crippen LogP contribution in [0.4, 0.5) is 0 Å². The lowest BCUT2D eigenvalue weighted by molar-refractivity contribution is -0.133. The van der Waals surface area contributed by atoms with Crippen molar-refractivity contribution in [2.45, 2.75) is 19.5 Å². The molecule has 0 unspecified atom stereocenters. The van der Waals surface area contributed by atoms with Gasteiger partial charge in [0.25, 0.3) is 0 Å². The summed E-state index contributed by atoms with van der Waals surface area (Å²) in [6.07, 6.45) is 4.49. The Bertz CT molecular complexity index is 790. The molecule has 0 spiro atoms. The molecule has 0 saturated carbocycles. The molecule has 0 saturated heterocycles. The first kappa shape index (κ1) is 13.2. The topological polar surface area (TPSA) is 79.7 Å². The van der Waals surface area contributed by atoms with Gasteiger partial charge in [0.05, 0.1) is 29.5 Å². The first-order chi connectivity index (χ1) is 10.8. The zero-order chi connectivity index (χ0) is 14.9. The van der Waals surface area contributed by atoms with Gasteiger partial charge in [0.1, 0.15) is 12.2 Å². The number of carbonyl (C=O) groups excluding carboxylic acids is 1. The molecular formula is C14H14N6OS. The molecule has 7 nitrogen and oxygen atoms in total. The molecule has 0 atom stereocenters. The first-order valence-electron chi connectivity index (χ1n) is 7.02. The maximum Gasteiger partial charge on any atom is 0.244 e. The van der Waals surface area contributed by atoms with Crippen molar-refractivity contribution in [3.8, 4) is 10.6 Å². The average Bonchev–Trinajstić information content (AvgIpc) is 3.27. The van der Waals surface area contributed by atoms with E-state index >= 15 is 0 Å². The minimum Gasteiger partial charge on any atom is -0.335 e. The molecule has 0 fully saturated rings. The van der Waals surface area contributed by atoms with Crippen LogP contribution in [0, 0.1) is 0 Å². The van der Waals surface area contributed by atoms with Gasteiger partial charge in [-0.05, 0) is 23.4 Å². The van der Waals surface area contributed by atoms with Gasteiger partial charge in [-0.1, -0.05) is 11.3 Å². The van der Waals surface area contributed by atoms with Crippen molar-refractivity contribution in [2.24, 2.45) is 0 Å². The second kappa shape index (κ2) is 5.38. The summed E-state index contributed by atoms with van der Waals surface area (Å²) in [6, 6.07) is 3.96. The van der Waals surface area contributed by atoms with Crippen LogP contribution >= 0.6 is 11.3 Å². The van der Waals surface area contributed by atoms with Crippen LogP contribution in [0.25, 0.3) is 10.6 Å². The van der Waals surface area contributed by atoms with Crippen LogP contribution in [0.2, 0.25) is 0 Å². The molecule has 0 aliphatic carbocycles. The molecule has 1 N–H and O–H groups in total. The first-order valence-corrected chi connectivity index (χ1v) is 7.90. The van der Waals surface area contributed by atoms with Crippen LogP contribution in [0.5, 0.6) is 0 Å².